The van der Waals surface area contributed by atoms with E-state index in [1.54, 1.807) is 24.3 Å². The van der Waals surface area contributed by atoms with Crippen LogP contribution in [0, 0.1) is 5.82 Å². The van der Waals surface area contributed by atoms with E-state index in [1.165, 1.54) is 6.07 Å². The third-order valence-electron chi connectivity index (χ3n) is 3.87. The molecule has 0 aliphatic heterocycles. The SMILES string of the molecule is NC(N)=NC(=O)c1ccc2c(c1)C(c1c(F)cccc1Cl)=CCC2. The van der Waals surface area contributed by atoms with Crippen LogP contribution < -0.4 is 11.5 Å². The van der Waals surface area contributed by atoms with Crippen molar-refractivity contribution in [3.05, 3.63) is 75.6 Å². The fourth-order valence-corrected chi connectivity index (χ4v) is 3.10. The lowest BCUT2D eigenvalue weighted by atomic mass is 9.85. The number of hydrogen-bond acceptors (Lipinski definition) is 1. The first kappa shape index (κ1) is 16.2. The van der Waals surface area contributed by atoms with E-state index in [0.29, 0.717) is 21.7 Å². The molecule has 0 saturated heterocycles. The third kappa shape index (κ3) is 3.03. The number of halogens is 2. The Bertz CT molecular complexity index is 866. The molecule has 0 fully saturated rings. The highest BCUT2D eigenvalue weighted by molar-refractivity contribution is 6.32. The van der Waals surface area contributed by atoms with Gasteiger partial charge in [-0.2, -0.15) is 4.99 Å². The Balaban J connectivity index is 2.13. The summed E-state index contributed by atoms with van der Waals surface area (Å²) < 4.78 is 14.3. The molecule has 0 atom stereocenters. The molecule has 0 unspecified atom stereocenters. The van der Waals surface area contributed by atoms with Crippen LogP contribution in [0.15, 0.2) is 47.5 Å². The summed E-state index contributed by atoms with van der Waals surface area (Å²) in [7, 11) is 0. The van der Waals surface area contributed by atoms with Gasteiger partial charge in [0.2, 0.25) is 0 Å². The van der Waals surface area contributed by atoms with Crippen molar-refractivity contribution in [3.8, 4) is 0 Å². The average molecular weight is 344 g/mol. The molecule has 2 aromatic rings. The number of aryl methyl sites for hydroxylation is 1. The van der Waals surface area contributed by atoms with Crippen molar-refractivity contribution < 1.29 is 9.18 Å². The van der Waals surface area contributed by atoms with Gasteiger partial charge in [0.1, 0.15) is 5.82 Å². The highest BCUT2D eigenvalue weighted by atomic mass is 35.5. The maximum absolute atomic E-state index is 14.3. The van der Waals surface area contributed by atoms with E-state index in [4.69, 9.17) is 23.1 Å². The lowest BCUT2D eigenvalue weighted by Gasteiger charge is -2.20. The van der Waals surface area contributed by atoms with Gasteiger partial charge in [-0.05, 0) is 53.8 Å². The second-order valence-corrected chi connectivity index (χ2v) is 5.87. The summed E-state index contributed by atoms with van der Waals surface area (Å²) >= 11 is 6.20. The number of amides is 1. The van der Waals surface area contributed by atoms with Gasteiger partial charge in [0.05, 0.1) is 5.02 Å². The molecule has 1 aliphatic carbocycles. The fraction of sp³-hybridized carbons (Fsp3) is 0.111. The van der Waals surface area contributed by atoms with Crippen LogP contribution in [0.3, 0.4) is 0 Å². The van der Waals surface area contributed by atoms with Gasteiger partial charge in [-0.25, -0.2) is 4.39 Å². The molecule has 4 nitrogen and oxygen atoms in total. The number of rotatable bonds is 2. The Kier molecular flexibility index (Phi) is 4.36. The minimum atomic E-state index is -0.539. The van der Waals surface area contributed by atoms with Crippen molar-refractivity contribution in [2.24, 2.45) is 16.5 Å². The van der Waals surface area contributed by atoms with Crippen molar-refractivity contribution >= 4 is 29.0 Å². The molecule has 0 saturated carbocycles. The van der Waals surface area contributed by atoms with E-state index in [1.807, 2.05) is 12.1 Å². The number of guanidine groups is 1. The number of hydrogen-bond donors (Lipinski definition) is 2. The third-order valence-corrected chi connectivity index (χ3v) is 4.19. The normalized spacial score (nSPS) is 13.0. The van der Waals surface area contributed by atoms with E-state index >= 15 is 0 Å². The van der Waals surface area contributed by atoms with E-state index in [2.05, 4.69) is 4.99 Å². The standard InChI is InChI=1S/C18H15ClFN3O/c19-14-5-2-6-15(20)16(14)12-4-1-3-10-7-8-11(9-13(10)12)17(24)23-18(21)22/h2,4-9H,1,3H2,(H4,21,22,23,24). The molecule has 6 heteroatoms. The summed E-state index contributed by atoms with van der Waals surface area (Å²) in [5.41, 5.74) is 13.7. The molecule has 1 amide bonds. The number of nitrogens with two attached hydrogens (primary N) is 2. The average Bonchev–Trinajstić information content (AvgIpc) is 2.53. The molecule has 0 spiro atoms. The number of benzene rings is 2. The Labute approximate surface area is 143 Å². The highest BCUT2D eigenvalue weighted by Crippen LogP contribution is 2.37. The maximum atomic E-state index is 14.3. The molecular weight excluding hydrogens is 329 g/mol. The molecule has 2 aromatic carbocycles. The summed E-state index contributed by atoms with van der Waals surface area (Å²) in [6, 6.07) is 9.75. The summed E-state index contributed by atoms with van der Waals surface area (Å²) in [5.74, 6) is -1.24. The molecule has 0 aromatic heterocycles. The molecular formula is C18H15ClFN3O. The molecule has 0 radical (unpaired) electrons. The Morgan fingerprint density at radius 3 is 2.71 bits per heavy atom. The first-order chi connectivity index (χ1) is 11.5. The predicted octanol–water partition coefficient (Wildman–Crippen LogP) is 3.27. The number of nitrogens with zero attached hydrogens (tertiary/aromatic N) is 1. The minimum Gasteiger partial charge on any atom is -0.370 e. The van der Waals surface area contributed by atoms with Crippen molar-refractivity contribution in [1.82, 2.24) is 0 Å². The number of carbonyl (C=O) groups is 1. The molecule has 3 rings (SSSR count). The number of fused-ring (bicyclic) bond motifs is 1. The summed E-state index contributed by atoms with van der Waals surface area (Å²) in [4.78, 5) is 15.6. The van der Waals surface area contributed by atoms with Crippen LogP contribution in [0.25, 0.3) is 5.57 Å². The van der Waals surface area contributed by atoms with Crippen molar-refractivity contribution in [2.75, 3.05) is 0 Å². The largest absolute Gasteiger partial charge is 0.370 e. The van der Waals surface area contributed by atoms with Crippen molar-refractivity contribution in [2.45, 2.75) is 12.8 Å². The van der Waals surface area contributed by atoms with Gasteiger partial charge in [0, 0.05) is 11.1 Å². The zero-order valence-corrected chi connectivity index (χ0v) is 13.5. The quantitative estimate of drug-likeness (QED) is 0.648. The molecule has 1 aliphatic rings. The Morgan fingerprint density at radius 1 is 1.21 bits per heavy atom. The monoisotopic (exact) mass is 343 g/mol. The minimum absolute atomic E-state index is 0.300. The Hall–Kier alpha value is -2.66. The van der Waals surface area contributed by atoms with Crippen LogP contribution in [-0.4, -0.2) is 11.9 Å². The molecule has 4 N–H and O–H groups in total. The zero-order valence-electron chi connectivity index (χ0n) is 12.7. The summed E-state index contributed by atoms with van der Waals surface area (Å²) in [6.45, 7) is 0. The van der Waals surface area contributed by atoms with Gasteiger partial charge < -0.3 is 11.5 Å². The number of aliphatic imine (C=N–C) groups is 1. The van der Waals surface area contributed by atoms with E-state index in [-0.39, 0.29) is 5.96 Å². The Morgan fingerprint density at radius 2 is 2.00 bits per heavy atom. The van der Waals surface area contributed by atoms with E-state index in [9.17, 15) is 9.18 Å². The summed E-state index contributed by atoms with van der Waals surface area (Å²) in [5, 5.41) is 0.329. The topological polar surface area (TPSA) is 81.5 Å². The van der Waals surface area contributed by atoms with Crippen LogP contribution in [0.1, 0.15) is 33.5 Å². The van der Waals surface area contributed by atoms with Crippen LogP contribution >= 0.6 is 11.6 Å². The molecule has 24 heavy (non-hydrogen) atoms. The smallest absolute Gasteiger partial charge is 0.280 e. The van der Waals surface area contributed by atoms with E-state index in [0.717, 1.165) is 24.0 Å². The summed E-state index contributed by atoms with van der Waals surface area (Å²) in [6.07, 6.45) is 3.51. The van der Waals surface area contributed by atoms with Crippen molar-refractivity contribution in [1.29, 1.82) is 0 Å². The zero-order chi connectivity index (χ0) is 17.3. The van der Waals surface area contributed by atoms with Gasteiger partial charge in [0.25, 0.3) is 5.91 Å². The van der Waals surface area contributed by atoms with Crippen LogP contribution in [0.4, 0.5) is 4.39 Å². The van der Waals surface area contributed by atoms with Gasteiger partial charge in [-0.15, -0.1) is 0 Å². The van der Waals surface area contributed by atoms with Crippen LogP contribution in [0.2, 0.25) is 5.02 Å². The molecule has 0 bridgehead atoms. The van der Waals surface area contributed by atoms with Crippen molar-refractivity contribution in [3.63, 3.8) is 0 Å². The second kappa shape index (κ2) is 6.45. The van der Waals surface area contributed by atoms with Crippen LogP contribution in [0.5, 0.6) is 0 Å². The molecule has 122 valence electrons. The van der Waals surface area contributed by atoms with Gasteiger partial charge in [0.15, 0.2) is 5.96 Å². The highest BCUT2D eigenvalue weighted by Gasteiger charge is 2.20. The first-order valence-electron chi connectivity index (χ1n) is 7.39. The van der Waals surface area contributed by atoms with Crippen LogP contribution in [-0.2, 0) is 6.42 Å². The lowest BCUT2D eigenvalue weighted by Crippen LogP contribution is -2.24. The first-order valence-corrected chi connectivity index (χ1v) is 7.77. The predicted molar refractivity (Wildman–Crippen MR) is 93.4 cm³/mol. The number of allylic oxidation sites excluding steroid dienone is 1. The lowest BCUT2D eigenvalue weighted by molar-refractivity contribution is 0.100. The van der Waals surface area contributed by atoms with Gasteiger partial charge in [-0.1, -0.05) is 29.8 Å². The number of carbonyl (C=O) groups excluding carboxylic acids is 1. The fourth-order valence-electron chi connectivity index (χ4n) is 2.83. The van der Waals surface area contributed by atoms with Gasteiger partial charge >= 0.3 is 0 Å². The second-order valence-electron chi connectivity index (χ2n) is 5.47. The van der Waals surface area contributed by atoms with E-state index < -0.39 is 11.7 Å². The maximum Gasteiger partial charge on any atom is 0.280 e. The van der Waals surface area contributed by atoms with Gasteiger partial charge in [-0.3, -0.25) is 4.79 Å². The molecule has 0 heterocycles.